The van der Waals surface area contributed by atoms with Crippen molar-refractivity contribution in [2.24, 2.45) is 5.10 Å². The van der Waals surface area contributed by atoms with Crippen LogP contribution < -0.4 is 9.47 Å². The maximum absolute atomic E-state index is 14.5. The molecule has 0 radical (unpaired) electrons. The van der Waals surface area contributed by atoms with Crippen LogP contribution in [0.2, 0.25) is 5.15 Å². The highest BCUT2D eigenvalue weighted by molar-refractivity contribution is 6.30. The monoisotopic (exact) mass is 489 g/mol. The molecule has 0 unspecified atom stereocenters. The van der Waals surface area contributed by atoms with Crippen LogP contribution in [-0.2, 0) is 0 Å². The number of fused-ring (bicyclic) bond motifs is 1. The number of benzene rings is 3. The van der Waals surface area contributed by atoms with E-state index in [0.717, 1.165) is 10.9 Å². The molecule has 0 aliphatic carbocycles. The molecule has 4 aromatic rings. The number of pyridine rings is 1. The first kappa shape index (κ1) is 22.8. The summed E-state index contributed by atoms with van der Waals surface area (Å²) in [7, 11) is 3.10. The number of rotatable bonds is 5. The number of ether oxygens (including phenoxy) is 2. The lowest BCUT2D eigenvalue weighted by atomic mass is 9.98. The first-order chi connectivity index (χ1) is 17.0. The van der Waals surface area contributed by atoms with E-state index in [2.05, 4.69) is 10.1 Å². The van der Waals surface area contributed by atoms with Crippen molar-refractivity contribution >= 4 is 34.1 Å². The summed E-state index contributed by atoms with van der Waals surface area (Å²) in [5.41, 5.74) is 2.73. The number of carbonyl (C=O) groups excluding carboxylic acids is 1. The lowest BCUT2D eigenvalue weighted by Crippen LogP contribution is -2.28. The van der Waals surface area contributed by atoms with Gasteiger partial charge in [0.2, 0.25) is 0 Å². The minimum atomic E-state index is -0.612. The van der Waals surface area contributed by atoms with E-state index in [1.807, 2.05) is 36.4 Å². The van der Waals surface area contributed by atoms with Crippen molar-refractivity contribution in [2.75, 3.05) is 14.2 Å². The standard InChI is InChI=1S/C27H21ClFN3O3/c1-34-24-13-17-12-19(26(28)30-21(17)15-25(24)35-2)23-14-22(16-8-4-3-5-9-16)31-32(23)27(33)18-10-6-7-11-20(18)29/h3-13,15,23H,14H2,1-2H3/t23-/m0/s1. The Balaban J connectivity index is 1.63. The van der Waals surface area contributed by atoms with Crippen LogP contribution in [0, 0.1) is 5.82 Å². The van der Waals surface area contributed by atoms with E-state index in [1.54, 1.807) is 32.4 Å². The summed E-state index contributed by atoms with van der Waals surface area (Å²) in [6.07, 6.45) is 0.393. The van der Waals surface area contributed by atoms with Gasteiger partial charge in [-0.3, -0.25) is 4.79 Å². The second-order valence-corrected chi connectivity index (χ2v) is 8.39. The smallest absolute Gasteiger partial charge is 0.277 e. The number of hydrogen-bond acceptors (Lipinski definition) is 5. The highest BCUT2D eigenvalue weighted by atomic mass is 35.5. The quantitative estimate of drug-likeness (QED) is 0.321. The highest BCUT2D eigenvalue weighted by Crippen LogP contribution is 2.40. The summed E-state index contributed by atoms with van der Waals surface area (Å²) in [4.78, 5) is 18.0. The third-order valence-electron chi connectivity index (χ3n) is 5.99. The van der Waals surface area contributed by atoms with Gasteiger partial charge in [-0.1, -0.05) is 54.1 Å². The van der Waals surface area contributed by atoms with Crippen molar-refractivity contribution in [3.8, 4) is 11.5 Å². The van der Waals surface area contributed by atoms with E-state index in [4.69, 9.17) is 21.1 Å². The molecule has 1 aliphatic heterocycles. The Morgan fingerprint density at radius 2 is 1.69 bits per heavy atom. The van der Waals surface area contributed by atoms with Gasteiger partial charge in [-0.25, -0.2) is 14.4 Å². The average molecular weight is 490 g/mol. The summed E-state index contributed by atoms with van der Waals surface area (Å²) in [6.45, 7) is 0. The summed E-state index contributed by atoms with van der Waals surface area (Å²) in [5, 5.41) is 6.91. The predicted molar refractivity (Wildman–Crippen MR) is 133 cm³/mol. The number of halogens is 2. The third kappa shape index (κ3) is 4.19. The minimum Gasteiger partial charge on any atom is -0.493 e. The second-order valence-electron chi connectivity index (χ2n) is 8.03. The molecule has 35 heavy (non-hydrogen) atoms. The molecular formula is C27H21ClFN3O3. The van der Waals surface area contributed by atoms with E-state index in [1.165, 1.54) is 23.2 Å². The number of amides is 1. The van der Waals surface area contributed by atoms with Gasteiger partial charge in [-0.05, 0) is 29.8 Å². The number of aromatic nitrogens is 1. The van der Waals surface area contributed by atoms with Crippen LogP contribution in [0.15, 0.2) is 77.9 Å². The molecule has 0 saturated carbocycles. The number of hydrazone groups is 1. The van der Waals surface area contributed by atoms with Crippen LogP contribution in [0.4, 0.5) is 4.39 Å². The molecule has 3 aromatic carbocycles. The van der Waals surface area contributed by atoms with E-state index >= 15 is 0 Å². The van der Waals surface area contributed by atoms with Gasteiger partial charge in [0.25, 0.3) is 5.91 Å². The van der Waals surface area contributed by atoms with Gasteiger partial charge in [-0.15, -0.1) is 0 Å². The van der Waals surface area contributed by atoms with Gasteiger partial charge in [0.15, 0.2) is 11.5 Å². The van der Waals surface area contributed by atoms with Gasteiger partial charge in [0, 0.05) is 23.4 Å². The topological polar surface area (TPSA) is 64.0 Å². The van der Waals surface area contributed by atoms with Crippen LogP contribution >= 0.6 is 11.6 Å². The molecule has 5 rings (SSSR count). The Bertz CT molecular complexity index is 1460. The number of carbonyl (C=O) groups is 1. The molecule has 0 bridgehead atoms. The zero-order valence-electron chi connectivity index (χ0n) is 19.0. The number of hydrogen-bond donors (Lipinski definition) is 0. The normalized spacial score (nSPS) is 15.3. The molecule has 1 atom stereocenters. The summed E-state index contributed by atoms with van der Waals surface area (Å²) < 4.78 is 25.3. The molecule has 0 spiro atoms. The van der Waals surface area contributed by atoms with Crippen LogP contribution in [0.3, 0.4) is 0 Å². The van der Waals surface area contributed by atoms with Crippen LogP contribution in [0.25, 0.3) is 10.9 Å². The van der Waals surface area contributed by atoms with Gasteiger partial charge >= 0.3 is 0 Å². The van der Waals surface area contributed by atoms with Crippen molar-refractivity contribution in [2.45, 2.75) is 12.5 Å². The number of methoxy groups -OCH3 is 2. The Kier molecular flexibility index (Phi) is 6.09. The van der Waals surface area contributed by atoms with Crippen molar-refractivity contribution in [1.82, 2.24) is 9.99 Å². The predicted octanol–water partition coefficient (Wildman–Crippen LogP) is 6.04. The lowest BCUT2D eigenvalue weighted by molar-refractivity contribution is 0.0706. The molecule has 6 nitrogen and oxygen atoms in total. The largest absolute Gasteiger partial charge is 0.493 e. The fraction of sp³-hybridized carbons (Fsp3) is 0.148. The second kappa shape index (κ2) is 9.35. The molecule has 176 valence electrons. The van der Waals surface area contributed by atoms with Crippen molar-refractivity contribution in [3.05, 3.63) is 100 Å². The van der Waals surface area contributed by atoms with Crippen LogP contribution in [-0.4, -0.2) is 35.8 Å². The lowest BCUT2D eigenvalue weighted by Gasteiger charge is -2.23. The van der Waals surface area contributed by atoms with Gasteiger partial charge in [0.1, 0.15) is 11.0 Å². The Hall–Kier alpha value is -3.97. The fourth-order valence-corrected chi connectivity index (χ4v) is 4.50. The Labute approximate surface area is 206 Å². The molecule has 0 fully saturated rings. The van der Waals surface area contributed by atoms with E-state index < -0.39 is 17.8 Å². The molecular weight excluding hydrogens is 469 g/mol. The third-order valence-corrected chi connectivity index (χ3v) is 6.29. The summed E-state index contributed by atoms with van der Waals surface area (Å²) in [5.74, 6) is -0.0908. The Morgan fingerprint density at radius 1 is 1.00 bits per heavy atom. The first-order valence-electron chi connectivity index (χ1n) is 10.9. The van der Waals surface area contributed by atoms with E-state index in [9.17, 15) is 9.18 Å². The average Bonchev–Trinajstić information content (AvgIpc) is 3.33. The number of nitrogens with zero attached hydrogens (tertiary/aromatic N) is 3. The molecule has 8 heteroatoms. The van der Waals surface area contributed by atoms with Crippen molar-refractivity contribution < 1.29 is 18.7 Å². The molecule has 1 aromatic heterocycles. The van der Waals surface area contributed by atoms with Gasteiger partial charge in [0.05, 0.1) is 37.1 Å². The molecule has 2 heterocycles. The van der Waals surface area contributed by atoms with E-state index in [0.29, 0.717) is 34.7 Å². The zero-order valence-corrected chi connectivity index (χ0v) is 19.8. The van der Waals surface area contributed by atoms with Gasteiger partial charge < -0.3 is 9.47 Å². The maximum Gasteiger partial charge on any atom is 0.277 e. The van der Waals surface area contributed by atoms with Crippen LogP contribution in [0.5, 0.6) is 11.5 Å². The highest BCUT2D eigenvalue weighted by Gasteiger charge is 2.36. The molecule has 0 saturated heterocycles. The van der Waals surface area contributed by atoms with Gasteiger partial charge in [-0.2, -0.15) is 5.10 Å². The van der Waals surface area contributed by atoms with Crippen LogP contribution in [0.1, 0.15) is 33.9 Å². The van der Waals surface area contributed by atoms with Crippen molar-refractivity contribution in [1.29, 1.82) is 0 Å². The summed E-state index contributed by atoms with van der Waals surface area (Å²) >= 11 is 6.65. The molecule has 1 amide bonds. The maximum atomic E-state index is 14.5. The first-order valence-corrected chi connectivity index (χ1v) is 11.3. The van der Waals surface area contributed by atoms with E-state index in [-0.39, 0.29) is 10.7 Å². The minimum absolute atomic E-state index is 0.0631. The Morgan fingerprint density at radius 3 is 2.40 bits per heavy atom. The van der Waals surface area contributed by atoms with Crippen molar-refractivity contribution in [3.63, 3.8) is 0 Å². The molecule has 0 N–H and O–H groups in total. The fourth-order valence-electron chi connectivity index (χ4n) is 4.23. The SMILES string of the molecule is COc1cc2cc([C@@H]3CC(c4ccccc4)=NN3C(=O)c3ccccc3F)c(Cl)nc2cc1OC. The zero-order chi connectivity index (χ0) is 24.5. The molecule has 1 aliphatic rings. The summed E-state index contributed by atoms with van der Waals surface area (Å²) in [6, 6.07) is 20.2.